The molecule has 2 heterocycles. The standard InChI is InChI=1S/C15H18N4S/c1-10(2)8-14-18-19-15(20-14)17-9-11-4-3-5-13-12(11)6-7-16-13/h3-7,10,16H,8-9H2,1-2H3,(H,17,19). The summed E-state index contributed by atoms with van der Waals surface area (Å²) in [5, 5.41) is 15.0. The number of hydrogen-bond donors (Lipinski definition) is 2. The van der Waals surface area contributed by atoms with Gasteiger partial charge in [-0.05, 0) is 23.6 Å². The minimum absolute atomic E-state index is 0.615. The van der Waals surface area contributed by atoms with E-state index in [0.717, 1.165) is 23.1 Å². The van der Waals surface area contributed by atoms with E-state index in [-0.39, 0.29) is 0 Å². The Balaban J connectivity index is 1.70. The number of aromatic nitrogens is 3. The zero-order valence-electron chi connectivity index (χ0n) is 11.7. The van der Waals surface area contributed by atoms with Crippen molar-refractivity contribution in [2.45, 2.75) is 26.8 Å². The first-order chi connectivity index (χ1) is 9.72. The Hall–Kier alpha value is -1.88. The fraction of sp³-hybridized carbons (Fsp3) is 0.333. The Morgan fingerprint density at radius 1 is 1.25 bits per heavy atom. The van der Waals surface area contributed by atoms with Crippen LogP contribution in [0.3, 0.4) is 0 Å². The van der Waals surface area contributed by atoms with Crippen molar-refractivity contribution >= 4 is 27.4 Å². The maximum Gasteiger partial charge on any atom is 0.205 e. The zero-order chi connectivity index (χ0) is 13.9. The average Bonchev–Trinajstić information content (AvgIpc) is 3.04. The molecule has 0 amide bonds. The van der Waals surface area contributed by atoms with Crippen molar-refractivity contribution in [3.05, 3.63) is 41.0 Å². The van der Waals surface area contributed by atoms with E-state index in [9.17, 15) is 0 Å². The molecule has 4 nitrogen and oxygen atoms in total. The molecule has 0 saturated carbocycles. The summed E-state index contributed by atoms with van der Waals surface area (Å²) in [6.45, 7) is 5.16. The number of nitrogens with one attached hydrogen (secondary N) is 2. The van der Waals surface area contributed by atoms with Gasteiger partial charge in [-0.15, -0.1) is 10.2 Å². The Morgan fingerprint density at radius 2 is 2.15 bits per heavy atom. The minimum atomic E-state index is 0.615. The van der Waals surface area contributed by atoms with Crippen molar-refractivity contribution in [3.63, 3.8) is 0 Å². The predicted octanol–water partition coefficient (Wildman–Crippen LogP) is 3.83. The molecule has 5 heteroatoms. The smallest absolute Gasteiger partial charge is 0.205 e. The lowest BCUT2D eigenvalue weighted by Gasteiger charge is -2.04. The highest BCUT2D eigenvalue weighted by Gasteiger charge is 2.07. The van der Waals surface area contributed by atoms with E-state index in [1.807, 2.05) is 6.20 Å². The van der Waals surface area contributed by atoms with Crippen LogP contribution in [-0.2, 0) is 13.0 Å². The fourth-order valence-corrected chi connectivity index (χ4v) is 3.18. The molecule has 2 N–H and O–H groups in total. The number of aromatic amines is 1. The number of H-pyrrole nitrogens is 1. The van der Waals surface area contributed by atoms with Crippen LogP contribution in [0.25, 0.3) is 10.9 Å². The quantitative estimate of drug-likeness (QED) is 0.749. The Morgan fingerprint density at radius 3 is 3.00 bits per heavy atom. The van der Waals surface area contributed by atoms with E-state index in [2.05, 4.69) is 58.6 Å². The molecule has 0 saturated heterocycles. The van der Waals surface area contributed by atoms with Gasteiger partial charge in [0, 0.05) is 30.1 Å². The van der Waals surface area contributed by atoms with Gasteiger partial charge in [-0.3, -0.25) is 0 Å². The maximum atomic E-state index is 4.22. The number of rotatable bonds is 5. The number of nitrogens with zero attached hydrogens (tertiary/aromatic N) is 2. The monoisotopic (exact) mass is 286 g/mol. The number of hydrogen-bond acceptors (Lipinski definition) is 4. The Bertz CT molecular complexity index is 699. The third kappa shape index (κ3) is 2.82. The second kappa shape index (κ2) is 5.63. The first kappa shape index (κ1) is 13.1. The summed E-state index contributed by atoms with van der Waals surface area (Å²) in [6.07, 6.45) is 2.96. The first-order valence-electron chi connectivity index (χ1n) is 6.83. The van der Waals surface area contributed by atoms with Crippen LogP contribution in [-0.4, -0.2) is 15.2 Å². The zero-order valence-corrected chi connectivity index (χ0v) is 12.5. The van der Waals surface area contributed by atoms with E-state index in [1.54, 1.807) is 11.3 Å². The van der Waals surface area contributed by atoms with Crippen molar-refractivity contribution in [3.8, 4) is 0 Å². The van der Waals surface area contributed by atoms with Crippen LogP contribution in [0.15, 0.2) is 30.5 Å². The van der Waals surface area contributed by atoms with Gasteiger partial charge in [0.15, 0.2) is 0 Å². The average molecular weight is 286 g/mol. The summed E-state index contributed by atoms with van der Waals surface area (Å²) in [5.41, 5.74) is 2.44. The van der Waals surface area contributed by atoms with E-state index < -0.39 is 0 Å². The van der Waals surface area contributed by atoms with Crippen LogP contribution < -0.4 is 5.32 Å². The van der Waals surface area contributed by atoms with Crippen LogP contribution in [0.4, 0.5) is 5.13 Å². The molecule has 104 valence electrons. The summed E-state index contributed by atoms with van der Waals surface area (Å²) in [4.78, 5) is 3.23. The van der Waals surface area contributed by atoms with E-state index in [4.69, 9.17) is 0 Å². The number of anilines is 1. The summed E-state index contributed by atoms with van der Waals surface area (Å²) in [7, 11) is 0. The third-order valence-electron chi connectivity index (χ3n) is 3.17. The van der Waals surface area contributed by atoms with Crippen molar-refractivity contribution in [1.29, 1.82) is 0 Å². The highest BCUT2D eigenvalue weighted by Crippen LogP contribution is 2.21. The molecule has 0 fully saturated rings. The molecule has 1 aromatic carbocycles. The molecule has 0 aliphatic heterocycles. The van der Waals surface area contributed by atoms with Gasteiger partial charge in [-0.25, -0.2) is 0 Å². The van der Waals surface area contributed by atoms with Gasteiger partial charge in [0.05, 0.1) is 0 Å². The number of benzene rings is 1. The van der Waals surface area contributed by atoms with Crippen molar-refractivity contribution in [2.24, 2.45) is 5.92 Å². The van der Waals surface area contributed by atoms with Crippen molar-refractivity contribution in [1.82, 2.24) is 15.2 Å². The molecule has 0 aliphatic rings. The van der Waals surface area contributed by atoms with Crippen LogP contribution >= 0.6 is 11.3 Å². The van der Waals surface area contributed by atoms with Gasteiger partial charge in [0.2, 0.25) is 5.13 Å². The minimum Gasteiger partial charge on any atom is -0.361 e. The van der Waals surface area contributed by atoms with Crippen LogP contribution in [0.1, 0.15) is 24.4 Å². The first-order valence-corrected chi connectivity index (χ1v) is 7.65. The summed E-state index contributed by atoms with van der Waals surface area (Å²) >= 11 is 1.65. The van der Waals surface area contributed by atoms with E-state index in [1.165, 1.54) is 16.5 Å². The molecule has 3 rings (SSSR count). The third-order valence-corrected chi connectivity index (χ3v) is 4.07. The SMILES string of the molecule is CC(C)Cc1nnc(NCc2cccc3[nH]ccc23)s1. The molecule has 20 heavy (non-hydrogen) atoms. The fourth-order valence-electron chi connectivity index (χ4n) is 2.23. The van der Waals surface area contributed by atoms with Gasteiger partial charge in [-0.2, -0.15) is 0 Å². The lowest BCUT2D eigenvalue weighted by molar-refractivity contribution is 0.640. The van der Waals surface area contributed by atoms with Gasteiger partial charge >= 0.3 is 0 Å². The van der Waals surface area contributed by atoms with Crippen LogP contribution in [0, 0.1) is 5.92 Å². The second-order valence-electron chi connectivity index (χ2n) is 5.31. The maximum absolute atomic E-state index is 4.22. The molecule has 0 spiro atoms. The van der Waals surface area contributed by atoms with E-state index in [0.29, 0.717) is 5.92 Å². The highest BCUT2D eigenvalue weighted by molar-refractivity contribution is 7.15. The Labute approximate surface area is 122 Å². The molecule has 3 aromatic rings. The Kier molecular flexibility index (Phi) is 3.69. The lowest BCUT2D eigenvalue weighted by atomic mass is 10.1. The molecule has 2 aromatic heterocycles. The number of fused-ring (bicyclic) bond motifs is 1. The topological polar surface area (TPSA) is 53.6 Å². The van der Waals surface area contributed by atoms with Gasteiger partial charge in [0.1, 0.15) is 5.01 Å². The summed E-state index contributed by atoms with van der Waals surface area (Å²) < 4.78 is 0. The lowest BCUT2D eigenvalue weighted by Crippen LogP contribution is -1.99. The molecular formula is C15H18N4S. The molecule has 0 aliphatic carbocycles. The summed E-state index contributed by atoms with van der Waals surface area (Å²) in [5.74, 6) is 0.615. The van der Waals surface area contributed by atoms with Crippen molar-refractivity contribution in [2.75, 3.05) is 5.32 Å². The van der Waals surface area contributed by atoms with Gasteiger partial charge in [-0.1, -0.05) is 37.3 Å². The molecule has 0 atom stereocenters. The second-order valence-corrected chi connectivity index (χ2v) is 6.37. The largest absolute Gasteiger partial charge is 0.361 e. The van der Waals surface area contributed by atoms with E-state index >= 15 is 0 Å². The van der Waals surface area contributed by atoms with Gasteiger partial charge < -0.3 is 10.3 Å². The van der Waals surface area contributed by atoms with Gasteiger partial charge in [0.25, 0.3) is 0 Å². The highest BCUT2D eigenvalue weighted by atomic mass is 32.1. The normalized spacial score (nSPS) is 11.3. The molecule has 0 radical (unpaired) electrons. The predicted molar refractivity (Wildman–Crippen MR) is 84.1 cm³/mol. The van der Waals surface area contributed by atoms with Crippen LogP contribution in [0.2, 0.25) is 0 Å². The molecule has 0 bridgehead atoms. The van der Waals surface area contributed by atoms with Crippen molar-refractivity contribution < 1.29 is 0 Å². The van der Waals surface area contributed by atoms with Crippen LogP contribution in [0.5, 0.6) is 0 Å². The molecule has 0 unspecified atom stereocenters. The molecular weight excluding hydrogens is 268 g/mol. The summed E-state index contributed by atoms with van der Waals surface area (Å²) in [6, 6.07) is 8.40.